The van der Waals surface area contributed by atoms with Crippen LogP contribution in [0.3, 0.4) is 0 Å². The summed E-state index contributed by atoms with van der Waals surface area (Å²) in [7, 11) is 1.62. The number of nitrogens with two attached hydrogens (primary N) is 1. The van der Waals surface area contributed by atoms with Crippen LogP contribution >= 0.6 is 11.3 Å². The summed E-state index contributed by atoms with van der Waals surface area (Å²) in [5, 5.41) is 11.6. The Morgan fingerprint density at radius 2 is 1.91 bits per heavy atom. The Labute approximate surface area is 133 Å². The second kappa shape index (κ2) is 5.59. The molecule has 5 heteroatoms. The monoisotopic (exact) mass is 314 g/mol. The SMILES string of the molecule is COc1ccc(C(O)c2sc3nc(C)cc(C)c3c2N)cc1. The lowest BCUT2D eigenvalue weighted by Gasteiger charge is -2.11. The van der Waals surface area contributed by atoms with E-state index in [-0.39, 0.29) is 0 Å². The third-order valence-electron chi connectivity index (χ3n) is 3.73. The number of thiophene rings is 1. The third kappa shape index (κ3) is 2.42. The van der Waals surface area contributed by atoms with E-state index in [1.165, 1.54) is 11.3 Å². The number of nitrogen functional groups attached to an aromatic ring is 1. The molecule has 2 heterocycles. The van der Waals surface area contributed by atoms with E-state index in [1.807, 2.05) is 44.2 Å². The zero-order chi connectivity index (χ0) is 15.9. The number of fused-ring (bicyclic) bond motifs is 1. The van der Waals surface area contributed by atoms with Crippen molar-refractivity contribution in [1.29, 1.82) is 0 Å². The minimum atomic E-state index is -0.759. The Bertz CT molecular complexity index is 825. The van der Waals surface area contributed by atoms with E-state index in [0.29, 0.717) is 5.69 Å². The maximum Gasteiger partial charge on any atom is 0.126 e. The minimum absolute atomic E-state index is 0.619. The van der Waals surface area contributed by atoms with Crippen LogP contribution in [0.15, 0.2) is 30.3 Å². The lowest BCUT2D eigenvalue weighted by Crippen LogP contribution is -2.00. The minimum Gasteiger partial charge on any atom is -0.497 e. The summed E-state index contributed by atoms with van der Waals surface area (Å²) >= 11 is 1.45. The number of aryl methyl sites for hydroxylation is 2. The number of nitrogens with zero attached hydrogens (tertiary/aromatic N) is 1. The molecular weight excluding hydrogens is 296 g/mol. The van der Waals surface area contributed by atoms with Crippen LogP contribution in [0.4, 0.5) is 5.69 Å². The first-order valence-corrected chi connectivity index (χ1v) is 7.81. The number of ether oxygens (including phenoxy) is 1. The van der Waals surface area contributed by atoms with Crippen molar-refractivity contribution in [3.63, 3.8) is 0 Å². The van der Waals surface area contributed by atoms with E-state index in [0.717, 1.165) is 37.7 Å². The molecule has 0 fully saturated rings. The zero-order valence-electron chi connectivity index (χ0n) is 12.8. The standard InChI is InChI=1S/C17H18N2O2S/c1-9-8-10(2)19-17-13(9)14(18)16(22-17)15(20)11-4-6-12(21-3)7-5-11/h4-8,15,20H,18H2,1-3H3. The van der Waals surface area contributed by atoms with E-state index in [4.69, 9.17) is 10.5 Å². The van der Waals surface area contributed by atoms with Crippen LogP contribution in [0.5, 0.6) is 5.75 Å². The summed E-state index contributed by atoms with van der Waals surface area (Å²) in [6, 6.07) is 9.36. The molecule has 3 N–H and O–H groups in total. The number of benzene rings is 1. The average Bonchev–Trinajstić information content (AvgIpc) is 2.83. The van der Waals surface area contributed by atoms with Gasteiger partial charge in [-0.1, -0.05) is 12.1 Å². The number of aromatic nitrogens is 1. The summed E-state index contributed by atoms with van der Waals surface area (Å²) in [6.07, 6.45) is -0.759. The predicted molar refractivity (Wildman–Crippen MR) is 90.6 cm³/mol. The Kier molecular flexibility index (Phi) is 3.76. The molecule has 2 aromatic heterocycles. The van der Waals surface area contributed by atoms with E-state index < -0.39 is 6.10 Å². The number of hydrogen-bond acceptors (Lipinski definition) is 5. The highest BCUT2D eigenvalue weighted by atomic mass is 32.1. The molecule has 114 valence electrons. The number of anilines is 1. The van der Waals surface area contributed by atoms with Crippen molar-refractivity contribution < 1.29 is 9.84 Å². The highest BCUT2D eigenvalue weighted by Gasteiger charge is 2.20. The Morgan fingerprint density at radius 3 is 2.55 bits per heavy atom. The molecule has 0 aliphatic heterocycles. The summed E-state index contributed by atoms with van der Waals surface area (Å²) in [5.41, 5.74) is 9.72. The van der Waals surface area contributed by atoms with Crippen molar-refractivity contribution in [2.24, 2.45) is 0 Å². The number of rotatable bonds is 3. The molecule has 22 heavy (non-hydrogen) atoms. The van der Waals surface area contributed by atoms with Gasteiger partial charge in [0.25, 0.3) is 0 Å². The summed E-state index contributed by atoms with van der Waals surface area (Å²) in [4.78, 5) is 6.14. The highest BCUT2D eigenvalue weighted by molar-refractivity contribution is 7.19. The summed E-state index contributed by atoms with van der Waals surface area (Å²) < 4.78 is 5.14. The first kappa shape index (κ1) is 14.8. The number of pyridine rings is 1. The first-order chi connectivity index (χ1) is 10.5. The molecule has 0 saturated heterocycles. The van der Waals surface area contributed by atoms with Gasteiger partial charge in [-0.05, 0) is 43.2 Å². The summed E-state index contributed by atoms with van der Waals surface area (Å²) in [6.45, 7) is 3.98. The Balaban J connectivity index is 2.08. The smallest absolute Gasteiger partial charge is 0.126 e. The second-order valence-corrected chi connectivity index (χ2v) is 6.35. The van der Waals surface area contributed by atoms with Gasteiger partial charge in [-0.15, -0.1) is 11.3 Å². The largest absolute Gasteiger partial charge is 0.497 e. The van der Waals surface area contributed by atoms with Crippen LogP contribution in [0, 0.1) is 13.8 Å². The first-order valence-electron chi connectivity index (χ1n) is 6.99. The van der Waals surface area contributed by atoms with Crippen LogP contribution in [0.1, 0.15) is 27.8 Å². The van der Waals surface area contributed by atoms with Gasteiger partial charge < -0.3 is 15.6 Å². The average molecular weight is 314 g/mol. The van der Waals surface area contributed by atoms with Crippen molar-refractivity contribution in [2.45, 2.75) is 20.0 Å². The second-order valence-electron chi connectivity index (χ2n) is 5.32. The predicted octanol–water partition coefficient (Wildman–Crippen LogP) is 3.59. The maximum atomic E-state index is 10.7. The number of aliphatic hydroxyl groups is 1. The molecule has 0 amide bonds. The third-order valence-corrected chi connectivity index (χ3v) is 4.88. The fourth-order valence-electron chi connectivity index (χ4n) is 2.63. The molecule has 0 radical (unpaired) electrons. The fraction of sp³-hybridized carbons (Fsp3) is 0.235. The van der Waals surface area contributed by atoms with Crippen molar-refractivity contribution in [1.82, 2.24) is 4.98 Å². The highest BCUT2D eigenvalue weighted by Crippen LogP contribution is 2.40. The van der Waals surface area contributed by atoms with E-state index >= 15 is 0 Å². The molecule has 0 aliphatic carbocycles. The number of aliphatic hydroxyl groups excluding tert-OH is 1. The lowest BCUT2D eigenvalue weighted by atomic mass is 10.1. The number of hydrogen-bond donors (Lipinski definition) is 2. The van der Waals surface area contributed by atoms with E-state index in [1.54, 1.807) is 7.11 Å². The van der Waals surface area contributed by atoms with Gasteiger partial charge in [-0.3, -0.25) is 0 Å². The van der Waals surface area contributed by atoms with Crippen molar-refractivity contribution in [3.05, 3.63) is 52.0 Å². The molecule has 1 unspecified atom stereocenters. The maximum absolute atomic E-state index is 10.7. The van der Waals surface area contributed by atoms with Gasteiger partial charge in [0.15, 0.2) is 0 Å². The van der Waals surface area contributed by atoms with Crippen molar-refractivity contribution >= 4 is 27.2 Å². The zero-order valence-corrected chi connectivity index (χ0v) is 13.6. The van der Waals surface area contributed by atoms with Crippen molar-refractivity contribution in [3.8, 4) is 5.75 Å². The molecule has 1 atom stereocenters. The molecule has 1 aromatic carbocycles. The van der Waals surface area contributed by atoms with Crippen LogP contribution < -0.4 is 10.5 Å². The van der Waals surface area contributed by atoms with Gasteiger partial charge in [0.1, 0.15) is 16.7 Å². The van der Waals surface area contributed by atoms with Crippen LogP contribution in [0.2, 0.25) is 0 Å². The molecule has 3 aromatic rings. The molecule has 3 rings (SSSR count). The van der Waals surface area contributed by atoms with Gasteiger partial charge in [-0.2, -0.15) is 0 Å². The topological polar surface area (TPSA) is 68.4 Å². The summed E-state index contributed by atoms with van der Waals surface area (Å²) in [5.74, 6) is 0.758. The van der Waals surface area contributed by atoms with Gasteiger partial charge >= 0.3 is 0 Å². The van der Waals surface area contributed by atoms with Crippen LogP contribution in [-0.2, 0) is 0 Å². The van der Waals surface area contributed by atoms with Gasteiger partial charge in [0, 0.05) is 11.1 Å². The van der Waals surface area contributed by atoms with E-state index in [2.05, 4.69) is 4.98 Å². The lowest BCUT2D eigenvalue weighted by molar-refractivity contribution is 0.225. The molecule has 0 bridgehead atoms. The molecule has 0 aliphatic rings. The van der Waals surface area contributed by atoms with Crippen molar-refractivity contribution in [2.75, 3.05) is 12.8 Å². The molecular formula is C17H18N2O2S. The van der Waals surface area contributed by atoms with E-state index in [9.17, 15) is 5.11 Å². The van der Waals surface area contributed by atoms with Crippen LogP contribution in [-0.4, -0.2) is 17.2 Å². The molecule has 4 nitrogen and oxygen atoms in total. The van der Waals surface area contributed by atoms with Crippen LogP contribution in [0.25, 0.3) is 10.2 Å². The molecule has 0 saturated carbocycles. The fourth-order valence-corrected chi connectivity index (χ4v) is 3.86. The van der Waals surface area contributed by atoms with Gasteiger partial charge in [0.2, 0.25) is 0 Å². The Morgan fingerprint density at radius 1 is 1.23 bits per heavy atom. The van der Waals surface area contributed by atoms with Gasteiger partial charge in [0.05, 0.1) is 17.7 Å². The van der Waals surface area contributed by atoms with Gasteiger partial charge in [-0.25, -0.2) is 4.98 Å². The number of methoxy groups -OCH3 is 1. The quantitative estimate of drug-likeness (QED) is 0.775. The Hall–Kier alpha value is -2.11. The molecule has 0 spiro atoms. The normalized spacial score (nSPS) is 12.5.